The fourth-order valence-electron chi connectivity index (χ4n) is 4.47. The number of aromatic amines is 1. The molecule has 1 saturated heterocycles. The molecular formula is C23H32N6O6S. The third-order valence-corrected chi connectivity index (χ3v) is 8.12. The van der Waals surface area contributed by atoms with Gasteiger partial charge in [0.1, 0.15) is 29.5 Å². The van der Waals surface area contributed by atoms with Gasteiger partial charge in [-0.25, -0.2) is 13.4 Å². The first kappa shape index (κ1) is 26.2. The average Bonchev–Trinajstić information content (AvgIpc) is 3.16. The van der Waals surface area contributed by atoms with Gasteiger partial charge in [0.2, 0.25) is 10.0 Å². The van der Waals surface area contributed by atoms with Crippen molar-refractivity contribution in [1.29, 1.82) is 0 Å². The number of hydrogen-bond acceptors (Lipinski definition) is 9. The first-order chi connectivity index (χ1) is 17.1. The minimum atomic E-state index is -4.20. The number of aromatic nitrogens is 4. The minimum absolute atomic E-state index is 0.0203. The number of sulfonamides is 1. The highest BCUT2D eigenvalue weighted by Crippen LogP contribution is 2.33. The van der Waals surface area contributed by atoms with Crippen molar-refractivity contribution in [2.45, 2.75) is 51.0 Å². The summed E-state index contributed by atoms with van der Waals surface area (Å²) in [6.45, 7) is 6.09. The van der Waals surface area contributed by atoms with E-state index in [0.717, 1.165) is 10.7 Å². The molecule has 0 amide bonds. The molecule has 36 heavy (non-hydrogen) atoms. The monoisotopic (exact) mass is 520 g/mol. The molecule has 0 bridgehead atoms. The summed E-state index contributed by atoms with van der Waals surface area (Å²) in [4.78, 5) is 21.8. The van der Waals surface area contributed by atoms with Gasteiger partial charge in [-0.3, -0.25) is 14.4 Å². The van der Waals surface area contributed by atoms with Gasteiger partial charge in [-0.05, 0) is 38.1 Å². The van der Waals surface area contributed by atoms with Crippen molar-refractivity contribution >= 4 is 21.1 Å². The van der Waals surface area contributed by atoms with E-state index in [9.17, 15) is 23.4 Å². The lowest BCUT2D eigenvalue weighted by molar-refractivity contribution is -0.104. The number of benzene rings is 1. The largest absolute Gasteiger partial charge is 0.493 e. The summed E-state index contributed by atoms with van der Waals surface area (Å²) < 4.78 is 35.1. The second-order valence-electron chi connectivity index (χ2n) is 8.65. The molecule has 0 spiro atoms. The van der Waals surface area contributed by atoms with E-state index in [0.29, 0.717) is 42.0 Å². The van der Waals surface area contributed by atoms with Crippen LogP contribution < -0.4 is 10.3 Å². The molecule has 0 aliphatic carbocycles. The van der Waals surface area contributed by atoms with Crippen molar-refractivity contribution in [1.82, 2.24) is 29.0 Å². The predicted molar refractivity (Wildman–Crippen MR) is 133 cm³/mol. The molecule has 2 unspecified atom stereocenters. The maximum atomic E-state index is 13.5. The summed E-state index contributed by atoms with van der Waals surface area (Å²) >= 11 is 0. The standard InChI is InChI=1S/C23H32N6O6S/c1-5-8-16-20-21(27(4)26-16)23(32)25-22(24-20)15-11-14(9-10-17(15)35-7-3)36(33,34)29-13-18(30)28(6-2)12-19(29)31/h9-11,18-19,30-31H,5-8,12-13H2,1-4H3,(H,24,25,32). The second kappa shape index (κ2) is 10.3. The van der Waals surface area contributed by atoms with Crippen molar-refractivity contribution in [3.63, 3.8) is 0 Å². The van der Waals surface area contributed by atoms with E-state index in [1.807, 2.05) is 13.8 Å². The zero-order valence-corrected chi connectivity index (χ0v) is 21.6. The molecule has 13 heteroatoms. The molecule has 1 aliphatic heterocycles. The van der Waals surface area contributed by atoms with Crippen molar-refractivity contribution in [3.05, 3.63) is 34.2 Å². The van der Waals surface area contributed by atoms with Crippen LogP contribution in [0.3, 0.4) is 0 Å². The molecule has 2 aromatic heterocycles. The maximum Gasteiger partial charge on any atom is 0.277 e. The van der Waals surface area contributed by atoms with Gasteiger partial charge in [0.05, 0.1) is 29.3 Å². The lowest BCUT2D eigenvalue weighted by atomic mass is 10.1. The van der Waals surface area contributed by atoms with Gasteiger partial charge in [0.25, 0.3) is 5.56 Å². The van der Waals surface area contributed by atoms with Crippen LogP contribution in [0, 0.1) is 0 Å². The molecule has 3 heterocycles. The zero-order chi connectivity index (χ0) is 26.2. The molecule has 12 nitrogen and oxygen atoms in total. The number of nitrogens with one attached hydrogen (secondary N) is 1. The third kappa shape index (κ3) is 4.64. The molecule has 196 valence electrons. The van der Waals surface area contributed by atoms with Crippen LogP contribution in [-0.4, -0.2) is 86.3 Å². The van der Waals surface area contributed by atoms with E-state index in [-0.39, 0.29) is 29.4 Å². The van der Waals surface area contributed by atoms with E-state index in [1.54, 1.807) is 18.9 Å². The van der Waals surface area contributed by atoms with Crippen molar-refractivity contribution in [2.75, 3.05) is 26.2 Å². The Morgan fingerprint density at radius 1 is 1.17 bits per heavy atom. The van der Waals surface area contributed by atoms with Crippen molar-refractivity contribution in [3.8, 4) is 17.1 Å². The lowest BCUT2D eigenvalue weighted by Gasteiger charge is -2.40. The number of nitrogens with zero attached hydrogens (tertiary/aromatic N) is 5. The van der Waals surface area contributed by atoms with Gasteiger partial charge in [0, 0.05) is 13.6 Å². The third-order valence-electron chi connectivity index (χ3n) is 6.26. The number of likely N-dealkylation sites (N-methyl/N-ethyl adjacent to an activating group) is 1. The number of hydrogen-bond donors (Lipinski definition) is 3. The molecule has 3 aromatic rings. The normalized spacial score (nSPS) is 19.7. The first-order valence-electron chi connectivity index (χ1n) is 12.0. The number of piperazine rings is 1. The molecule has 0 radical (unpaired) electrons. The summed E-state index contributed by atoms with van der Waals surface area (Å²) in [6, 6.07) is 4.24. The van der Waals surface area contributed by atoms with E-state index in [1.165, 1.54) is 22.9 Å². The number of aliphatic hydroxyl groups is 2. The molecule has 0 saturated carbocycles. The van der Waals surface area contributed by atoms with Crippen LogP contribution in [0.5, 0.6) is 5.75 Å². The molecule has 2 atom stereocenters. The molecule has 1 aromatic carbocycles. The Kier molecular flexibility index (Phi) is 7.48. The van der Waals surface area contributed by atoms with Gasteiger partial charge < -0.3 is 19.9 Å². The highest BCUT2D eigenvalue weighted by atomic mass is 32.2. The smallest absolute Gasteiger partial charge is 0.277 e. The molecule has 4 rings (SSSR count). The second-order valence-corrected chi connectivity index (χ2v) is 10.5. The Balaban J connectivity index is 1.84. The Morgan fingerprint density at radius 3 is 2.58 bits per heavy atom. The average molecular weight is 521 g/mol. The van der Waals surface area contributed by atoms with Gasteiger partial charge in [-0.15, -0.1) is 0 Å². The number of β-amino-alcohol motifs (C(OH)–C–C–N with tert-alkyl or cyclic N) is 2. The van der Waals surface area contributed by atoms with Gasteiger partial charge in [-0.2, -0.15) is 9.40 Å². The predicted octanol–water partition coefficient (Wildman–Crippen LogP) is 0.638. The van der Waals surface area contributed by atoms with E-state index in [4.69, 9.17) is 4.74 Å². The summed E-state index contributed by atoms with van der Waals surface area (Å²) in [5.41, 5.74) is 1.33. The first-order valence-corrected chi connectivity index (χ1v) is 13.4. The summed E-state index contributed by atoms with van der Waals surface area (Å²) in [5.74, 6) is 0.492. The number of fused-ring (bicyclic) bond motifs is 1. The topological polar surface area (TPSA) is 154 Å². The van der Waals surface area contributed by atoms with Crippen LogP contribution in [0.15, 0.2) is 27.9 Å². The zero-order valence-electron chi connectivity index (χ0n) is 20.8. The Bertz CT molecular complexity index is 1420. The van der Waals surface area contributed by atoms with Crippen molar-refractivity contribution in [2.24, 2.45) is 7.05 Å². The summed E-state index contributed by atoms with van der Waals surface area (Å²) in [6.07, 6.45) is -0.926. The summed E-state index contributed by atoms with van der Waals surface area (Å²) in [5, 5.41) is 25.3. The fraction of sp³-hybridized carbons (Fsp3) is 0.522. The molecule has 1 aliphatic rings. The Hall–Kier alpha value is -2.84. The quantitative estimate of drug-likeness (QED) is 0.388. The van der Waals surface area contributed by atoms with Crippen LogP contribution in [-0.2, 0) is 23.5 Å². The van der Waals surface area contributed by atoms with Crippen molar-refractivity contribution < 1.29 is 23.4 Å². The number of aliphatic hydroxyl groups excluding tert-OH is 2. The fourth-order valence-corrected chi connectivity index (χ4v) is 5.96. The highest BCUT2D eigenvalue weighted by molar-refractivity contribution is 7.89. The van der Waals surface area contributed by atoms with Crippen LogP contribution in [0.2, 0.25) is 0 Å². The Morgan fingerprint density at radius 2 is 1.92 bits per heavy atom. The number of rotatable bonds is 8. The SMILES string of the molecule is CCCc1nn(C)c2c(=O)[nH]c(-c3cc(S(=O)(=O)N4CC(O)N(CC)CC4O)ccc3OCC)nc12. The van der Waals surface area contributed by atoms with Gasteiger partial charge >= 0.3 is 0 Å². The molecule has 1 fully saturated rings. The van der Waals surface area contributed by atoms with Crippen LogP contribution in [0.25, 0.3) is 22.4 Å². The van der Waals surface area contributed by atoms with Crippen LogP contribution in [0.1, 0.15) is 32.9 Å². The van der Waals surface area contributed by atoms with Crippen LogP contribution >= 0.6 is 0 Å². The Labute approximate surface area is 209 Å². The highest BCUT2D eigenvalue weighted by Gasteiger charge is 2.39. The summed E-state index contributed by atoms with van der Waals surface area (Å²) in [7, 11) is -2.52. The van der Waals surface area contributed by atoms with E-state index >= 15 is 0 Å². The molecular weight excluding hydrogens is 488 g/mol. The number of H-pyrrole nitrogens is 1. The van der Waals surface area contributed by atoms with Crippen LogP contribution in [0.4, 0.5) is 0 Å². The van der Waals surface area contributed by atoms with Gasteiger partial charge in [-0.1, -0.05) is 20.3 Å². The maximum absolute atomic E-state index is 13.5. The lowest BCUT2D eigenvalue weighted by Crippen LogP contribution is -2.59. The minimum Gasteiger partial charge on any atom is -0.493 e. The van der Waals surface area contributed by atoms with E-state index in [2.05, 4.69) is 15.1 Å². The number of aryl methyl sites for hydroxylation is 2. The van der Waals surface area contributed by atoms with Gasteiger partial charge in [0.15, 0.2) is 5.52 Å². The number of ether oxygens (including phenoxy) is 1. The van der Waals surface area contributed by atoms with E-state index < -0.39 is 28.0 Å². The molecule has 3 N–H and O–H groups in total.